The Balaban J connectivity index is 2.38. The van der Waals surface area contributed by atoms with E-state index in [4.69, 9.17) is 5.26 Å². The lowest BCUT2D eigenvalue weighted by Gasteiger charge is -2.19. The Morgan fingerprint density at radius 1 is 1.29 bits per heavy atom. The topological polar surface area (TPSA) is 39.4 Å². The Kier molecular flexibility index (Phi) is 2.28. The van der Waals surface area contributed by atoms with Crippen LogP contribution in [-0.2, 0) is 0 Å². The molecule has 1 aromatic rings. The van der Waals surface area contributed by atoms with Crippen LogP contribution in [0.4, 0.5) is 0 Å². The monoisotopic (exact) mass is 183 g/mol. The van der Waals surface area contributed by atoms with Crippen molar-refractivity contribution in [2.45, 2.75) is 0 Å². The highest BCUT2D eigenvalue weighted by Gasteiger charge is 2.11. The van der Waals surface area contributed by atoms with E-state index < -0.39 is 0 Å². The maximum absolute atomic E-state index is 8.90. The Bertz CT molecular complexity index is 412. The van der Waals surface area contributed by atoms with Gasteiger partial charge < -0.3 is 0 Å². The predicted molar refractivity (Wildman–Crippen MR) is 55.2 cm³/mol. The lowest BCUT2D eigenvalue weighted by atomic mass is 10.1. The highest BCUT2D eigenvalue weighted by atomic mass is 15.1. The number of benzene rings is 1. The third kappa shape index (κ3) is 1.50. The first-order valence-corrected chi connectivity index (χ1v) is 4.36. The molecule has 1 aliphatic heterocycles. The van der Waals surface area contributed by atoms with E-state index in [-0.39, 0.29) is 0 Å². The van der Waals surface area contributed by atoms with Gasteiger partial charge >= 0.3 is 0 Å². The molecule has 14 heavy (non-hydrogen) atoms. The molecule has 1 aliphatic rings. The first kappa shape index (κ1) is 8.52. The summed E-state index contributed by atoms with van der Waals surface area (Å²) in [5, 5.41) is 8.90. The van der Waals surface area contributed by atoms with Crippen LogP contribution in [0.25, 0.3) is 5.70 Å². The van der Waals surface area contributed by atoms with Crippen molar-refractivity contribution in [1.29, 1.82) is 5.26 Å². The van der Waals surface area contributed by atoms with Crippen LogP contribution in [0.2, 0.25) is 0 Å². The maximum Gasteiger partial charge on any atom is 0.184 e. The zero-order valence-electron chi connectivity index (χ0n) is 7.59. The summed E-state index contributed by atoms with van der Waals surface area (Å²) in [5.41, 5.74) is 1.88. The van der Waals surface area contributed by atoms with Crippen molar-refractivity contribution in [3.63, 3.8) is 0 Å². The summed E-state index contributed by atoms with van der Waals surface area (Å²) in [5.74, 6) is 0. The first-order chi connectivity index (χ1) is 6.92. The lowest BCUT2D eigenvalue weighted by Crippen LogP contribution is -2.20. The largest absolute Gasteiger partial charge is 0.272 e. The zero-order valence-corrected chi connectivity index (χ0v) is 7.59. The Labute approximate surface area is 82.6 Å². The average Bonchev–Trinajstić information content (AvgIpc) is 2.30. The average molecular weight is 183 g/mol. The van der Waals surface area contributed by atoms with Crippen molar-refractivity contribution in [2.24, 2.45) is 4.99 Å². The predicted octanol–water partition coefficient (Wildman–Crippen LogP) is 1.85. The highest BCUT2D eigenvalue weighted by molar-refractivity contribution is 5.74. The number of hydrogen-bond donors (Lipinski definition) is 0. The van der Waals surface area contributed by atoms with Gasteiger partial charge in [0.1, 0.15) is 0 Å². The first-order valence-electron chi connectivity index (χ1n) is 4.36. The molecule has 0 saturated carbocycles. The number of nitrogens with zero attached hydrogens (tertiary/aromatic N) is 3. The van der Waals surface area contributed by atoms with Crippen molar-refractivity contribution < 1.29 is 0 Å². The van der Waals surface area contributed by atoms with Crippen molar-refractivity contribution in [3.05, 3.63) is 42.1 Å². The molecule has 1 heterocycles. The molecule has 0 unspecified atom stereocenters. The third-order valence-electron chi connectivity index (χ3n) is 2.05. The van der Waals surface area contributed by atoms with Crippen molar-refractivity contribution >= 4 is 11.9 Å². The van der Waals surface area contributed by atoms with Crippen LogP contribution in [0.1, 0.15) is 5.56 Å². The molecule has 0 fully saturated rings. The molecule has 0 spiro atoms. The molecule has 0 aromatic heterocycles. The van der Waals surface area contributed by atoms with E-state index in [1.807, 2.05) is 30.3 Å². The molecule has 3 nitrogen and oxygen atoms in total. The molecule has 0 atom stereocenters. The van der Waals surface area contributed by atoms with E-state index in [9.17, 15) is 0 Å². The fourth-order valence-corrected chi connectivity index (χ4v) is 1.35. The quantitative estimate of drug-likeness (QED) is 0.623. The summed E-state index contributed by atoms with van der Waals surface area (Å²) in [6.07, 6.45) is 5.55. The van der Waals surface area contributed by atoms with Gasteiger partial charge in [0.15, 0.2) is 6.19 Å². The zero-order chi connectivity index (χ0) is 9.80. The molecule has 0 saturated heterocycles. The Morgan fingerprint density at radius 3 is 2.79 bits per heavy atom. The van der Waals surface area contributed by atoms with Gasteiger partial charge in [0.05, 0.1) is 18.4 Å². The van der Waals surface area contributed by atoms with E-state index in [1.165, 1.54) is 0 Å². The van der Waals surface area contributed by atoms with Gasteiger partial charge in [-0.1, -0.05) is 30.3 Å². The second-order valence-corrected chi connectivity index (χ2v) is 2.92. The number of hydrogen-bond acceptors (Lipinski definition) is 3. The minimum absolute atomic E-state index is 0.553. The summed E-state index contributed by atoms with van der Waals surface area (Å²) in [6.45, 7) is 0.553. The summed E-state index contributed by atoms with van der Waals surface area (Å²) >= 11 is 0. The van der Waals surface area contributed by atoms with Gasteiger partial charge in [0.2, 0.25) is 0 Å². The van der Waals surface area contributed by atoms with Crippen LogP contribution in [-0.4, -0.2) is 17.7 Å². The molecule has 2 rings (SSSR count). The van der Waals surface area contributed by atoms with Gasteiger partial charge in [0.25, 0.3) is 0 Å². The SMILES string of the molecule is N#CN1CC=NC=C1c1ccccc1. The standard InChI is InChI=1S/C11H9N3/c12-9-14-7-6-13-8-11(14)10-4-2-1-3-5-10/h1-6,8H,7H2. The van der Waals surface area contributed by atoms with E-state index in [0.717, 1.165) is 11.3 Å². The van der Waals surface area contributed by atoms with Gasteiger partial charge in [-0.15, -0.1) is 0 Å². The molecule has 68 valence electrons. The van der Waals surface area contributed by atoms with E-state index in [1.54, 1.807) is 17.3 Å². The lowest BCUT2D eigenvalue weighted by molar-refractivity contribution is 0.628. The van der Waals surface area contributed by atoms with Crippen LogP contribution >= 0.6 is 0 Å². The molecular weight excluding hydrogens is 174 g/mol. The second kappa shape index (κ2) is 3.75. The molecule has 0 aliphatic carbocycles. The normalized spacial score (nSPS) is 14.8. The minimum Gasteiger partial charge on any atom is -0.272 e. The Hall–Kier alpha value is -2.08. The van der Waals surface area contributed by atoms with E-state index in [0.29, 0.717) is 6.54 Å². The van der Waals surface area contributed by atoms with Crippen molar-refractivity contribution in [2.75, 3.05) is 6.54 Å². The fraction of sp³-hybridized carbons (Fsp3) is 0.0909. The molecule has 0 radical (unpaired) electrons. The molecular formula is C11H9N3. The molecule has 0 N–H and O–H groups in total. The summed E-state index contributed by atoms with van der Waals surface area (Å²) in [7, 11) is 0. The molecule has 1 aromatic carbocycles. The van der Waals surface area contributed by atoms with Crippen LogP contribution in [0.5, 0.6) is 0 Å². The number of aliphatic imine (C=N–C) groups is 1. The minimum atomic E-state index is 0.553. The van der Waals surface area contributed by atoms with Gasteiger partial charge in [0, 0.05) is 11.8 Å². The fourth-order valence-electron chi connectivity index (χ4n) is 1.35. The van der Waals surface area contributed by atoms with E-state index >= 15 is 0 Å². The maximum atomic E-state index is 8.90. The number of rotatable bonds is 1. The summed E-state index contributed by atoms with van der Waals surface area (Å²) in [4.78, 5) is 5.67. The molecule has 0 amide bonds. The van der Waals surface area contributed by atoms with Crippen LogP contribution in [0.3, 0.4) is 0 Å². The van der Waals surface area contributed by atoms with Crippen LogP contribution in [0.15, 0.2) is 41.5 Å². The van der Waals surface area contributed by atoms with E-state index in [2.05, 4.69) is 11.2 Å². The number of nitriles is 1. The van der Waals surface area contributed by atoms with Gasteiger partial charge in [-0.2, -0.15) is 5.26 Å². The molecule has 0 bridgehead atoms. The van der Waals surface area contributed by atoms with Crippen LogP contribution in [0, 0.1) is 11.5 Å². The van der Waals surface area contributed by atoms with Crippen molar-refractivity contribution in [3.8, 4) is 6.19 Å². The smallest absolute Gasteiger partial charge is 0.184 e. The third-order valence-corrected chi connectivity index (χ3v) is 2.05. The summed E-state index contributed by atoms with van der Waals surface area (Å²) in [6, 6.07) is 9.79. The van der Waals surface area contributed by atoms with Gasteiger partial charge in [-0.05, 0) is 0 Å². The van der Waals surface area contributed by atoms with Gasteiger partial charge in [-0.25, -0.2) is 0 Å². The Morgan fingerprint density at radius 2 is 2.07 bits per heavy atom. The van der Waals surface area contributed by atoms with Crippen molar-refractivity contribution in [1.82, 2.24) is 4.90 Å². The highest BCUT2D eigenvalue weighted by Crippen LogP contribution is 2.19. The second-order valence-electron chi connectivity index (χ2n) is 2.92. The van der Waals surface area contributed by atoms with Gasteiger partial charge in [-0.3, -0.25) is 9.89 Å². The summed E-state index contributed by atoms with van der Waals surface area (Å²) < 4.78 is 0. The van der Waals surface area contributed by atoms with Crippen LogP contribution < -0.4 is 0 Å². The molecule has 3 heteroatoms.